The molecule has 1 atom stereocenters. The lowest BCUT2D eigenvalue weighted by atomic mass is 9.78. The standard InChI is InChI=1S/C16H27N3/c1-3-16(9-6-10-17-13-16)14-19(2)12-8-15-7-4-5-11-18-15/h4-5,7,11,17H,3,6,8-10,12-14H2,1-2H3. The molecular formula is C16H27N3. The van der Waals surface area contributed by atoms with Crippen LogP contribution >= 0.6 is 0 Å². The first-order valence-corrected chi connectivity index (χ1v) is 7.53. The number of aromatic nitrogens is 1. The smallest absolute Gasteiger partial charge is 0.0416 e. The molecule has 1 aliphatic heterocycles. The Morgan fingerprint density at radius 2 is 2.32 bits per heavy atom. The fourth-order valence-corrected chi connectivity index (χ4v) is 3.08. The van der Waals surface area contributed by atoms with Crippen LogP contribution in [0.15, 0.2) is 24.4 Å². The first-order valence-electron chi connectivity index (χ1n) is 7.53. The molecule has 106 valence electrons. The second kappa shape index (κ2) is 7.01. The van der Waals surface area contributed by atoms with E-state index >= 15 is 0 Å². The van der Waals surface area contributed by atoms with Crippen LogP contribution in [-0.2, 0) is 6.42 Å². The summed E-state index contributed by atoms with van der Waals surface area (Å²) in [7, 11) is 2.24. The van der Waals surface area contributed by atoms with Crippen LogP contribution in [0, 0.1) is 5.41 Å². The highest BCUT2D eigenvalue weighted by atomic mass is 15.1. The van der Waals surface area contributed by atoms with Crippen LogP contribution in [0.2, 0.25) is 0 Å². The molecule has 0 amide bonds. The van der Waals surface area contributed by atoms with Crippen molar-refractivity contribution in [1.82, 2.24) is 15.2 Å². The Kier molecular flexibility index (Phi) is 5.34. The molecule has 3 nitrogen and oxygen atoms in total. The molecule has 0 radical (unpaired) electrons. The second-order valence-corrected chi connectivity index (χ2v) is 5.94. The lowest BCUT2D eigenvalue weighted by Crippen LogP contribution is -2.46. The summed E-state index contributed by atoms with van der Waals surface area (Å²) < 4.78 is 0. The van der Waals surface area contributed by atoms with E-state index in [1.807, 2.05) is 12.3 Å². The van der Waals surface area contributed by atoms with E-state index in [4.69, 9.17) is 0 Å². The van der Waals surface area contributed by atoms with Crippen molar-refractivity contribution in [2.24, 2.45) is 5.41 Å². The van der Waals surface area contributed by atoms with Gasteiger partial charge in [-0.2, -0.15) is 0 Å². The fraction of sp³-hybridized carbons (Fsp3) is 0.688. The van der Waals surface area contributed by atoms with Crippen LogP contribution in [0.5, 0.6) is 0 Å². The van der Waals surface area contributed by atoms with Gasteiger partial charge in [-0.15, -0.1) is 0 Å². The first kappa shape index (κ1) is 14.5. The molecule has 0 aliphatic carbocycles. The van der Waals surface area contributed by atoms with Crippen LogP contribution in [-0.4, -0.2) is 43.1 Å². The zero-order chi connectivity index (χ0) is 13.6. The van der Waals surface area contributed by atoms with E-state index in [9.17, 15) is 0 Å². The molecule has 0 saturated carbocycles. The SMILES string of the molecule is CCC1(CN(C)CCc2ccccn2)CCCNC1. The Morgan fingerprint density at radius 1 is 1.42 bits per heavy atom. The summed E-state index contributed by atoms with van der Waals surface area (Å²) in [6.45, 7) is 7.00. The molecule has 1 fully saturated rings. The molecule has 0 bridgehead atoms. The van der Waals surface area contributed by atoms with Gasteiger partial charge in [0.1, 0.15) is 0 Å². The molecule has 2 rings (SSSR count). The maximum atomic E-state index is 4.40. The maximum absolute atomic E-state index is 4.40. The van der Waals surface area contributed by atoms with Gasteiger partial charge in [0.25, 0.3) is 0 Å². The van der Waals surface area contributed by atoms with Crippen molar-refractivity contribution in [3.8, 4) is 0 Å². The number of hydrogen-bond acceptors (Lipinski definition) is 3. The highest BCUT2D eigenvalue weighted by molar-refractivity contribution is 5.03. The number of likely N-dealkylation sites (N-methyl/N-ethyl adjacent to an activating group) is 1. The van der Waals surface area contributed by atoms with Crippen molar-refractivity contribution in [2.45, 2.75) is 32.6 Å². The van der Waals surface area contributed by atoms with Crippen molar-refractivity contribution in [2.75, 3.05) is 33.2 Å². The lowest BCUT2D eigenvalue weighted by molar-refractivity contribution is 0.129. The second-order valence-electron chi connectivity index (χ2n) is 5.94. The highest BCUT2D eigenvalue weighted by Crippen LogP contribution is 2.30. The summed E-state index contributed by atoms with van der Waals surface area (Å²) in [5.74, 6) is 0. The van der Waals surface area contributed by atoms with Gasteiger partial charge >= 0.3 is 0 Å². The zero-order valence-electron chi connectivity index (χ0n) is 12.4. The van der Waals surface area contributed by atoms with Gasteiger partial charge in [0.2, 0.25) is 0 Å². The van der Waals surface area contributed by atoms with Crippen LogP contribution in [0.1, 0.15) is 31.9 Å². The van der Waals surface area contributed by atoms with Gasteiger partial charge in [0, 0.05) is 37.9 Å². The zero-order valence-corrected chi connectivity index (χ0v) is 12.4. The average molecular weight is 261 g/mol. The van der Waals surface area contributed by atoms with E-state index in [0.717, 1.165) is 13.0 Å². The quantitative estimate of drug-likeness (QED) is 0.852. The topological polar surface area (TPSA) is 28.2 Å². The number of rotatable bonds is 6. The maximum Gasteiger partial charge on any atom is 0.0416 e. The Balaban J connectivity index is 1.81. The van der Waals surface area contributed by atoms with E-state index in [1.54, 1.807) is 0 Å². The van der Waals surface area contributed by atoms with E-state index in [-0.39, 0.29) is 0 Å². The molecule has 1 aromatic heterocycles. The number of nitrogens with zero attached hydrogens (tertiary/aromatic N) is 2. The third-order valence-electron chi connectivity index (χ3n) is 4.39. The van der Waals surface area contributed by atoms with Gasteiger partial charge < -0.3 is 10.2 Å². The minimum absolute atomic E-state index is 0.483. The molecule has 2 heterocycles. The van der Waals surface area contributed by atoms with Crippen LogP contribution in [0.4, 0.5) is 0 Å². The van der Waals surface area contributed by atoms with Crippen molar-refractivity contribution in [1.29, 1.82) is 0 Å². The summed E-state index contributed by atoms with van der Waals surface area (Å²) in [6.07, 6.45) is 6.89. The largest absolute Gasteiger partial charge is 0.316 e. The van der Waals surface area contributed by atoms with E-state index in [0.29, 0.717) is 5.41 Å². The molecule has 1 N–H and O–H groups in total. The van der Waals surface area contributed by atoms with Crippen molar-refractivity contribution >= 4 is 0 Å². The summed E-state index contributed by atoms with van der Waals surface area (Å²) in [4.78, 5) is 6.87. The van der Waals surface area contributed by atoms with E-state index in [1.165, 1.54) is 44.6 Å². The summed E-state index contributed by atoms with van der Waals surface area (Å²) in [5, 5.41) is 3.57. The van der Waals surface area contributed by atoms with Crippen LogP contribution < -0.4 is 5.32 Å². The molecule has 1 aromatic rings. The Labute approximate surface area is 117 Å². The number of nitrogens with one attached hydrogen (secondary N) is 1. The number of piperidine rings is 1. The molecular weight excluding hydrogens is 234 g/mol. The van der Waals surface area contributed by atoms with Crippen molar-refractivity contribution in [3.63, 3.8) is 0 Å². The molecule has 19 heavy (non-hydrogen) atoms. The molecule has 3 heteroatoms. The molecule has 1 aliphatic rings. The Hall–Kier alpha value is -0.930. The van der Waals surface area contributed by atoms with Crippen LogP contribution in [0.3, 0.4) is 0 Å². The third-order valence-corrected chi connectivity index (χ3v) is 4.39. The fourth-order valence-electron chi connectivity index (χ4n) is 3.08. The molecule has 0 aromatic carbocycles. The number of pyridine rings is 1. The van der Waals surface area contributed by atoms with E-state index < -0.39 is 0 Å². The minimum Gasteiger partial charge on any atom is -0.316 e. The third kappa shape index (κ3) is 4.29. The lowest BCUT2D eigenvalue weighted by Gasteiger charge is -2.40. The van der Waals surface area contributed by atoms with Gasteiger partial charge in [-0.25, -0.2) is 0 Å². The minimum atomic E-state index is 0.483. The Morgan fingerprint density at radius 3 is 2.95 bits per heavy atom. The predicted octanol–water partition coefficient (Wildman–Crippen LogP) is 2.34. The van der Waals surface area contributed by atoms with E-state index in [2.05, 4.69) is 41.3 Å². The van der Waals surface area contributed by atoms with Gasteiger partial charge in [0.15, 0.2) is 0 Å². The van der Waals surface area contributed by atoms with Gasteiger partial charge in [-0.3, -0.25) is 4.98 Å². The molecule has 1 saturated heterocycles. The monoisotopic (exact) mass is 261 g/mol. The normalized spacial score (nSPS) is 23.7. The van der Waals surface area contributed by atoms with Crippen molar-refractivity contribution in [3.05, 3.63) is 30.1 Å². The number of hydrogen-bond donors (Lipinski definition) is 1. The predicted molar refractivity (Wildman–Crippen MR) is 80.3 cm³/mol. The molecule has 0 spiro atoms. The van der Waals surface area contributed by atoms with Crippen LogP contribution in [0.25, 0.3) is 0 Å². The van der Waals surface area contributed by atoms with Gasteiger partial charge in [-0.1, -0.05) is 13.0 Å². The Bertz CT molecular complexity index is 358. The summed E-state index contributed by atoms with van der Waals surface area (Å²) in [6, 6.07) is 6.17. The van der Waals surface area contributed by atoms with Gasteiger partial charge in [0.05, 0.1) is 0 Å². The van der Waals surface area contributed by atoms with Crippen molar-refractivity contribution < 1.29 is 0 Å². The summed E-state index contributed by atoms with van der Waals surface area (Å²) >= 11 is 0. The average Bonchev–Trinajstić information content (AvgIpc) is 2.47. The highest BCUT2D eigenvalue weighted by Gasteiger charge is 2.31. The first-order chi connectivity index (χ1) is 9.24. The molecule has 1 unspecified atom stereocenters. The van der Waals surface area contributed by atoms with Gasteiger partial charge in [-0.05, 0) is 50.4 Å². The summed E-state index contributed by atoms with van der Waals surface area (Å²) in [5.41, 5.74) is 1.68.